The van der Waals surface area contributed by atoms with Gasteiger partial charge in [0.15, 0.2) is 23.0 Å². The lowest BCUT2D eigenvalue weighted by Crippen LogP contribution is -2.28. The lowest BCUT2D eigenvalue weighted by molar-refractivity contribution is -0.132. The topological polar surface area (TPSA) is 107 Å². The SMILES string of the molecule is COc1cc([C@@H](c2cc3c(cc2OC(C)=O)OCO3)C(C(C)=O)C(C)=O)cc(OC)c1OC. The molecule has 1 heterocycles. The number of carbonyl (C=O) groups is 3. The quantitative estimate of drug-likeness (QED) is 0.318. The molecule has 0 aromatic heterocycles. The van der Waals surface area contributed by atoms with E-state index >= 15 is 0 Å². The second kappa shape index (κ2) is 9.81. The van der Waals surface area contributed by atoms with E-state index in [0.717, 1.165) is 0 Å². The van der Waals surface area contributed by atoms with Gasteiger partial charge in [0.2, 0.25) is 12.5 Å². The zero-order valence-electron chi connectivity index (χ0n) is 19.3. The van der Waals surface area contributed by atoms with Crippen LogP contribution in [0, 0.1) is 5.92 Å². The van der Waals surface area contributed by atoms with Crippen LogP contribution in [-0.2, 0) is 14.4 Å². The van der Waals surface area contributed by atoms with Crippen molar-refractivity contribution in [2.45, 2.75) is 26.7 Å². The molecule has 2 aromatic rings. The zero-order chi connectivity index (χ0) is 24.3. The maximum Gasteiger partial charge on any atom is 0.308 e. The summed E-state index contributed by atoms with van der Waals surface area (Å²) in [5, 5.41) is 0. The number of esters is 1. The van der Waals surface area contributed by atoms with Crippen LogP contribution in [0.3, 0.4) is 0 Å². The van der Waals surface area contributed by atoms with E-state index in [1.54, 1.807) is 18.2 Å². The highest BCUT2D eigenvalue weighted by molar-refractivity contribution is 6.02. The van der Waals surface area contributed by atoms with Crippen LogP contribution in [0.25, 0.3) is 0 Å². The summed E-state index contributed by atoms with van der Waals surface area (Å²) in [5.41, 5.74) is 0.922. The summed E-state index contributed by atoms with van der Waals surface area (Å²) >= 11 is 0. The Morgan fingerprint density at radius 3 is 1.79 bits per heavy atom. The van der Waals surface area contributed by atoms with E-state index in [1.165, 1.54) is 48.2 Å². The molecule has 0 spiro atoms. The fourth-order valence-electron chi connectivity index (χ4n) is 4.01. The molecule has 33 heavy (non-hydrogen) atoms. The number of hydrogen-bond donors (Lipinski definition) is 0. The minimum atomic E-state index is -1.08. The van der Waals surface area contributed by atoms with Crippen LogP contribution >= 0.6 is 0 Å². The van der Waals surface area contributed by atoms with Gasteiger partial charge in [-0.15, -0.1) is 0 Å². The number of fused-ring (bicyclic) bond motifs is 1. The molecule has 176 valence electrons. The second-order valence-electron chi connectivity index (χ2n) is 7.47. The van der Waals surface area contributed by atoms with Gasteiger partial charge in [0.25, 0.3) is 0 Å². The Balaban J connectivity index is 2.35. The van der Waals surface area contributed by atoms with Crippen LogP contribution in [0.5, 0.6) is 34.5 Å². The summed E-state index contributed by atoms with van der Waals surface area (Å²) in [6.07, 6.45) is 0. The summed E-state index contributed by atoms with van der Waals surface area (Å²) in [7, 11) is 4.41. The molecule has 0 fully saturated rings. The molecule has 0 saturated heterocycles. The van der Waals surface area contributed by atoms with Crippen LogP contribution in [0.4, 0.5) is 0 Å². The Morgan fingerprint density at radius 2 is 1.33 bits per heavy atom. The number of ketones is 2. The predicted octanol–water partition coefficient (Wildman–Crippen LogP) is 3.29. The van der Waals surface area contributed by atoms with Gasteiger partial charge >= 0.3 is 5.97 Å². The molecule has 3 rings (SSSR count). The molecule has 0 saturated carbocycles. The average molecular weight is 458 g/mol. The molecule has 0 amide bonds. The van der Waals surface area contributed by atoms with Crippen LogP contribution in [-0.4, -0.2) is 45.7 Å². The molecular formula is C24H26O9. The van der Waals surface area contributed by atoms with E-state index in [-0.39, 0.29) is 24.1 Å². The van der Waals surface area contributed by atoms with Gasteiger partial charge < -0.3 is 28.4 Å². The highest BCUT2D eigenvalue weighted by atomic mass is 16.7. The van der Waals surface area contributed by atoms with Crippen molar-refractivity contribution in [3.63, 3.8) is 0 Å². The minimum Gasteiger partial charge on any atom is -0.493 e. The molecular weight excluding hydrogens is 432 g/mol. The summed E-state index contributed by atoms with van der Waals surface area (Å²) in [6, 6.07) is 6.45. The van der Waals surface area contributed by atoms with Gasteiger partial charge in [0.05, 0.1) is 27.2 Å². The maximum absolute atomic E-state index is 12.7. The summed E-state index contributed by atoms with van der Waals surface area (Å²) < 4.78 is 32.7. The number of benzene rings is 2. The third-order valence-electron chi connectivity index (χ3n) is 5.35. The average Bonchev–Trinajstić information content (AvgIpc) is 3.22. The van der Waals surface area contributed by atoms with E-state index in [9.17, 15) is 14.4 Å². The molecule has 2 aromatic carbocycles. The van der Waals surface area contributed by atoms with Crippen molar-refractivity contribution in [1.82, 2.24) is 0 Å². The normalized spacial score (nSPS) is 12.8. The van der Waals surface area contributed by atoms with Crippen molar-refractivity contribution in [3.05, 3.63) is 35.4 Å². The van der Waals surface area contributed by atoms with Gasteiger partial charge in [-0.05, 0) is 37.6 Å². The first kappa shape index (κ1) is 23.9. The molecule has 1 atom stereocenters. The van der Waals surface area contributed by atoms with Crippen LogP contribution in [0.1, 0.15) is 37.8 Å². The molecule has 0 bridgehead atoms. The van der Waals surface area contributed by atoms with E-state index in [1.807, 2.05) is 0 Å². The number of hydrogen-bond acceptors (Lipinski definition) is 9. The van der Waals surface area contributed by atoms with Crippen LogP contribution < -0.4 is 28.4 Å². The van der Waals surface area contributed by atoms with Crippen molar-refractivity contribution in [2.75, 3.05) is 28.1 Å². The summed E-state index contributed by atoms with van der Waals surface area (Å²) in [5.74, 6) is -1.21. The van der Waals surface area contributed by atoms with Gasteiger partial charge in [-0.25, -0.2) is 0 Å². The number of ether oxygens (including phenoxy) is 6. The number of rotatable bonds is 9. The molecule has 0 unspecified atom stereocenters. The lowest BCUT2D eigenvalue weighted by Gasteiger charge is -2.27. The summed E-state index contributed by atoms with van der Waals surface area (Å²) in [4.78, 5) is 37.3. The Morgan fingerprint density at radius 1 is 0.788 bits per heavy atom. The zero-order valence-corrected chi connectivity index (χ0v) is 19.3. The smallest absolute Gasteiger partial charge is 0.308 e. The van der Waals surface area contributed by atoms with Gasteiger partial charge in [-0.1, -0.05) is 0 Å². The fourth-order valence-corrected chi connectivity index (χ4v) is 4.01. The number of carbonyl (C=O) groups excluding carboxylic acids is 3. The fraction of sp³-hybridized carbons (Fsp3) is 0.375. The van der Waals surface area contributed by atoms with Crippen molar-refractivity contribution in [2.24, 2.45) is 5.92 Å². The predicted molar refractivity (Wildman–Crippen MR) is 117 cm³/mol. The Kier molecular flexibility index (Phi) is 7.10. The molecule has 1 aliphatic rings. The molecule has 0 aliphatic carbocycles. The van der Waals surface area contributed by atoms with Crippen LogP contribution in [0.15, 0.2) is 24.3 Å². The number of methoxy groups -OCH3 is 3. The van der Waals surface area contributed by atoms with Gasteiger partial charge in [0, 0.05) is 24.5 Å². The first-order chi connectivity index (χ1) is 15.7. The molecule has 0 N–H and O–H groups in total. The third-order valence-corrected chi connectivity index (χ3v) is 5.35. The molecule has 9 heteroatoms. The van der Waals surface area contributed by atoms with E-state index in [4.69, 9.17) is 28.4 Å². The first-order valence-electron chi connectivity index (χ1n) is 10.1. The maximum atomic E-state index is 12.7. The summed E-state index contributed by atoms with van der Waals surface area (Å²) in [6.45, 7) is 3.94. The molecule has 9 nitrogen and oxygen atoms in total. The van der Waals surface area contributed by atoms with Crippen LogP contribution in [0.2, 0.25) is 0 Å². The Labute approximate surface area is 191 Å². The largest absolute Gasteiger partial charge is 0.493 e. The van der Waals surface area contributed by atoms with Crippen molar-refractivity contribution >= 4 is 17.5 Å². The lowest BCUT2D eigenvalue weighted by atomic mass is 9.76. The van der Waals surface area contributed by atoms with Gasteiger partial charge in [-0.2, -0.15) is 0 Å². The molecule has 1 aliphatic heterocycles. The first-order valence-corrected chi connectivity index (χ1v) is 10.1. The number of Topliss-reactive ketones (excluding diaryl/α,β-unsaturated/α-hetero) is 2. The van der Waals surface area contributed by atoms with Gasteiger partial charge in [-0.3, -0.25) is 14.4 Å². The van der Waals surface area contributed by atoms with Crippen molar-refractivity contribution in [1.29, 1.82) is 0 Å². The van der Waals surface area contributed by atoms with E-state index in [2.05, 4.69) is 0 Å². The standard InChI is InChI=1S/C24H26O9/c1-12(25)22(13(2)26)23(15-7-20(28-4)24(30-6)21(8-15)29-5)16-9-18-19(32-11-31-18)10-17(16)33-14(3)27/h7-10,22-23H,11H2,1-6H3/t23-/m0/s1. The Bertz CT molecular complexity index is 1050. The van der Waals surface area contributed by atoms with Crippen molar-refractivity contribution < 1.29 is 42.8 Å². The second-order valence-corrected chi connectivity index (χ2v) is 7.47. The third kappa shape index (κ3) is 4.72. The van der Waals surface area contributed by atoms with Gasteiger partial charge in [0.1, 0.15) is 17.3 Å². The van der Waals surface area contributed by atoms with E-state index < -0.39 is 17.8 Å². The highest BCUT2D eigenvalue weighted by Gasteiger charge is 2.37. The minimum absolute atomic E-state index is 0.00398. The van der Waals surface area contributed by atoms with Crippen molar-refractivity contribution in [3.8, 4) is 34.5 Å². The Hall–Kier alpha value is -3.75. The molecule has 0 radical (unpaired) electrons. The highest BCUT2D eigenvalue weighted by Crippen LogP contribution is 2.48. The monoisotopic (exact) mass is 458 g/mol. The van der Waals surface area contributed by atoms with E-state index in [0.29, 0.717) is 39.9 Å².